The normalized spacial score (nSPS) is 16.8. The summed E-state index contributed by atoms with van der Waals surface area (Å²) in [5.41, 5.74) is 0. The van der Waals surface area contributed by atoms with Crippen LogP contribution < -0.4 is 4.90 Å². The van der Waals surface area contributed by atoms with Gasteiger partial charge in [-0.25, -0.2) is 0 Å². The smallest absolute Gasteiger partial charge is 0.245 e. The summed E-state index contributed by atoms with van der Waals surface area (Å²) in [5.74, 6) is 0.741. The zero-order chi connectivity index (χ0) is 8.39. The van der Waals surface area contributed by atoms with Gasteiger partial charge in [-0.1, -0.05) is 0 Å². The van der Waals surface area contributed by atoms with Crippen LogP contribution in [0.1, 0.15) is 0 Å². The van der Waals surface area contributed by atoms with Crippen molar-refractivity contribution in [3.8, 4) is 0 Å². The number of anilines is 1. The number of morpholine rings is 1. The van der Waals surface area contributed by atoms with Gasteiger partial charge < -0.3 is 9.64 Å². The molecule has 0 aliphatic carbocycles. The molecule has 2 rings (SSSR count). The number of nitrogens with zero attached hydrogens (tertiary/aromatic N) is 3. The van der Waals surface area contributed by atoms with E-state index in [4.69, 9.17) is 4.74 Å². The summed E-state index contributed by atoms with van der Waals surface area (Å²) >= 11 is 3.21. The molecule has 0 unspecified atom stereocenters. The molecule has 0 spiro atoms. The predicted octanol–water partition coefficient (Wildman–Crippen LogP) is 0.982. The molecule has 0 atom stereocenters. The van der Waals surface area contributed by atoms with Crippen LogP contribution in [-0.4, -0.2) is 41.5 Å². The van der Waals surface area contributed by atoms with Crippen LogP contribution >= 0.6 is 32.9 Å². The van der Waals surface area contributed by atoms with E-state index >= 15 is 0 Å². The first kappa shape index (κ1) is 10.9. The first-order valence-corrected chi connectivity index (χ1v) is 4.56. The summed E-state index contributed by atoms with van der Waals surface area (Å²) in [4.78, 5) is 6.24. The number of hydrogen-bond donors (Lipinski definition) is 1. The molecule has 5 nitrogen and oxygen atoms in total. The maximum atomic E-state index is 5.21. The third-order valence-electron chi connectivity index (χ3n) is 1.74. The van der Waals surface area contributed by atoms with Crippen molar-refractivity contribution in [3.05, 3.63) is 4.73 Å². The molecule has 13 heavy (non-hydrogen) atoms. The van der Waals surface area contributed by atoms with Crippen LogP contribution in [0.15, 0.2) is 4.73 Å². The maximum absolute atomic E-state index is 5.21. The minimum Gasteiger partial charge on any atom is -0.378 e. The molecule has 1 aromatic rings. The number of halogens is 2. The predicted molar refractivity (Wildman–Crippen MR) is 57.4 cm³/mol. The Morgan fingerprint density at radius 3 is 2.62 bits per heavy atom. The van der Waals surface area contributed by atoms with Gasteiger partial charge in [-0.05, 0) is 15.9 Å². The molecule has 0 saturated carbocycles. The fourth-order valence-corrected chi connectivity index (χ4v) is 1.39. The summed E-state index contributed by atoms with van der Waals surface area (Å²) in [6.45, 7) is 3.24. The third kappa shape index (κ3) is 2.65. The summed E-state index contributed by atoms with van der Waals surface area (Å²) in [5, 5.41) is 6.77. The van der Waals surface area contributed by atoms with Crippen molar-refractivity contribution in [3.63, 3.8) is 0 Å². The summed E-state index contributed by atoms with van der Waals surface area (Å²) in [6, 6.07) is 0. The quantitative estimate of drug-likeness (QED) is 0.840. The Balaban J connectivity index is 0.000000845. The topological polar surface area (TPSA) is 54.0 Å². The van der Waals surface area contributed by atoms with Gasteiger partial charge in [0.25, 0.3) is 0 Å². The second kappa shape index (κ2) is 4.92. The monoisotopic (exact) mass is 312 g/mol. The van der Waals surface area contributed by atoms with Crippen LogP contribution in [0.2, 0.25) is 0 Å². The minimum atomic E-state index is 0. The molecule has 7 heteroatoms. The number of aromatic nitrogens is 3. The Kier molecular flexibility index (Phi) is 4.14. The van der Waals surface area contributed by atoms with Crippen molar-refractivity contribution in [1.82, 2.24) is 15.2 Å². The number of hydrogen-bond acceptors (Lipinski definition) is 4. The third-order valence-corrected chi connectivity index (χ3v) is 2.09. The fourth-order valence-electron chi connectivity index (χ4n) is 1.14. The lowest BCUT2D eigenvalue weighted by Gasteiger charge is -2.25. The van der Waals surface area contributed by atoms with Gasteiger partial charge in [-0.15, -0.1) is 22.1 Å². The highest BCUT2D eigenvalue weighted by Crippen LogP contribution is 2.11. The number of rotatable bonds is 1. The molecule has 1 aliphatic heterocycles. The van der Waals surface area contributed by atoms with Crippen molar-refractivity contribution < 1.29 is 4.74 Å². The Hall–Kier alpha value is -0.140. The van der Waals surface area contributed by atoms with Crippen molar-refractivity contribution in [2.75, 3.05) is 31.2 Å². The van der Waals surface area contributed by atoms with Crippen LogP contribution in [0.25, 0.3) is 0 Å². The first-order valence-electron chi connectivity index (χ1n) is 3.77. The first-order chi connectivity index (χ1) is 5.86. The number of H-pyrrole nitrogens is 1. The molecule has 1 aromatic heterocycles. The minimum absolute atomic E-state index is 0. The zero-order valence-electron chi connectivity index (χ0n) is 6.86. The van der Waals surface area contributed by atoms with E-state index < -0.39 is 0 Å². The van der Waals surface area contributed by atoms with Gasteiger partial charge in [0.05, 0.1) is 13.2 Å². The van der Waals surface area contributed by atoms with E-state index in [0.29, 0.717) is 4.73 Å². The molecular weight excluding hydrogens is 304 g/mol. The maximum Gasteiger partial charge on any atom is 0.245 e. The lowest BCUT2D eigenvalue weighted by molar-refractivity contribution is 0.122. The van der Waals surface area contributed by atoms with E-state index in [-0.39, 0.29) is 17.0 Å². The largest absolute Gasteiger partial charge is 0.378 e. The molecule has 0 aromatic carbocycles. The van der Waals surface area contributed by atoms with E-state index in [0.717, 1.165) is 32.3 Å². The van der Waals surface area contributed by atoms with Gasteiger partial charge in [0, 0.05) is 13.1 Å². The van der Waals surface area contributed by atoms with Crippen molar-refractivity contribution in [2.24, 2.45) is 0 Å². The van der Waals surface area contributed by atoms with Gasteiger partial charge in [-0.3, -0.25) is 5.10 Å². The van der Waals surface area contributed by atoms with Gasteiger partial charge >= 0.3 is 0 Å². The second-order valence-electron chi connectivity index (χ2n) is 2.53. The van der Waals surface area contributed by atoms with E-state index in [9.17, 15) is 0 Å². The van der Waals surface area contributed by atoms with Gasteiger partial charge in [0.2, 0.25) is 5.95 Å². The van der Waals surface area contributed by atoms with Crippen molar-refractivity contribution in [1.29, 1.82) is 0 Å². The molecule has 2 heterocycles. The van der Waals surface area contributed by atoms with Gasteiger partial charge in [0.1, 0.15) is 0 Å². The molecule has 1 saturated heterocycles. The lowest BCUT2D eigenvalue weighted by Crippen LogP contribution is -2.36. The Labute approximate surface area is 94.8 Å². The second-order valence-corrected chi connectivity index (χ2v) is 3.28. The van der Waals surface area contributed by atoms with Gasteiger partial charge in [-0.2, -0.15) is 4.98 Å². The zero-order valence-corrected chi connectivity index (χ0v) is 10.2. The van der Waals surface area contributed by atoms with Crippen LogP contribution in [0.4, 0.5) is 5.95 Å². The Morgan fingerprint density at radius 1 is 1.38 bits per heavy atom. The number of ether oxygens (including phenoxy) is 1. The van der Waals surface area contributed by atoms with Crippen LogP contribution in [0.5, 0.6) is 0 Å². The molecule has 74 valence electrons. The van der Waals surface area contributed by atoms with Crippen molar-refractivity contribution in [2.45, 2.75) is 0 Å². The molecule has 1 fully saturated rings. The van der Waals surface area contributed by atoms with Gasteiger partial charge in [0.15, 0.2) is 4.73 Å². The molecule has 1 N–H and O–H groups in total. The van der Waals surface area contributed by atoms with E-state index in [1.807, 2.05) is 0 Å². The Morgan fingerprint density at radius 2 is 2.08 bits per heavy atom. The molecular formula is C6H10Br2N4O. The molecule has 0 bridgehead atoms. The average Bonchev–Trinajstić information content (AvgIpc) is 2.54. The summed E-state index contributed by atoms with van der Waals surface area (Å²) < 4.78 is 5.88. The Bertz CT molecular complexity index is 261. The number of nitrogens with one attached hydrogen (secondary N) is 1. The molecule has 0 amide bonds. The summed E-state index contributed by atoms with van der Waals surface area (Å²) in [6.07, 6.45) is 0. The van der Waals surface area contributed by atoms with E-state index in [1.165, 1.54) is 0 Å². The average molecular weight is 314 g/mol. The fraction of sp³-hybridized carbons (Fsp3) is 0.667. The van der Waals surface area contributed by atoms with E-state index in [2.05, 4.69) is 36.0 Å². The molecule has 1 aliphatic rings. The number of aromatic amines is 1. The van der Waals surface area contributed by atoms with Crippen LogP contribution in [0.3, 0.4) is 0 Å². The van der Waals surface area contributed by atoms with E-state index in [1.54, 1.807) is 0 Å². The van der Waals surface area contributed by atoms with Crippen LogP contribution in [-0.2, 0) is 4.74 Å². The SMILES string of the molecule is Br.Brc1nc(N2CCOCC2)n[nH]1. The van der Waals surface area contributed by atoms with Crippen LogP contribution in [0, 0.1) is 0 Å². The molecule has 0 radical (unpaired) electrons. The lowest BCUT2D eigenvalue weighted by atomic mass is 10.4. The highest BCUT2D eigenvalue weighted by Gasteiger charge is 2.14. The van der Waals surface area contributed by atoms with Crippen molar-refractivity contribution >= 4 is 38.9 Å². The highest BCUT2D eigenvalue weighted by molar-refractivity contribution is 9.10. The highest BCUT2D eigenvalue weighted by atomic mass is 79.9. The summed E-state index contributed by atoms with van der Waals surface area (Å²) in [7, 11) is 0. The standard InChI is InChI=1S/C6H9BrN4O.BrH/c7-5-8-6(10-9-5)11-1-3-12-4-2-11;/h1-4H2,(H,8,9,10);1H.